The Labute approximate surface area is 165 Å². The summed E-state index contributed by atoms with van der Waals surface area (Å²) in [6.07, 6.45) is 8.04. The van der Waals surface area contributed by atoms with Crippen molar-refractivity contribution in [2.24, 2.45) is 17.8 Å². The van der Waals surface area contributed by atoms with Crippen LogP contribution in [0.25, 0.3) is 0 Å². The summed E-state index contributed by atoms with van der Waals surface area (Å²) < 4.78 is 24.5. The zero-order chi connectivity index (χ0) is 19.4. The monoisotopic (exact) mass is 385 g/mol. The van der Waals surface area contributed by atoms with Crippen molar-refractivity contribution in [1.82, 2.24) is 4.90 Å². The van der Waals surface area contributed by atoms with Crippen molar-refractivity contribution in [1.29, 1.82) is 0 Å². The number of hydrogen-bond acceptors (Lipinski definition) is 6. The quantitative estimate of drug-likeness (QED) is 0.550. The summed E-state index contributed by atoms with van der Waals surface area (Å²) in [6, 6.07) is 0.445. The fraction of sp³-hybridized carbons (Fsp3) is 0.682. The number of methoxy groups -OCH3 is 1. The van der Waals surface area contributed by atoms with Gasteiger partial charge in [0.15, 0.2) is 5.76 Å². The molecule has 5 fully saturated rings. The molecule has 6 unspecified atom stereocenters. The Kier molecular flexibility index (Phi) is 3.19. The molecule has 0 N–H and O–H groups in total. The van der Waals surface area contributed by atoms with Crippen LogP contribution in [0.5, 0.6) is 0 Å². The van der Waals surface area contributed by atoms with Crippen molar-refractivity contribution >= 4 is 5.97 Å². The third kappa shape index (κ3) is 1.60. The largest absolute Gasteiger partial charge is 0.492 e. The molecule has 6 aliphatic rings. The number of esters is 1. The first-order valence-corrected chi connectivity index (χ1v) is 10.5. The maximum atomic E-state index is 12.2. The zero-order valence-corrected chi connectivity index (χ0v) is 16.9. The Morgan fingerprint density at radius 1 is 1.39 bits per heavy atom. The molecule has 8 atom stereocenters. The number of allylic oxidation sites excluding steroid dienone is 2. The number of cyclic esters (lactones) is 1. The van der Waals surface area contributed by atoms with Gasteiger partial charge in [-0.05, 0) is 26.2 Å². The van der Waals surface area contributed by atoms with Crippen molar-refractivity contribution in [3.05, 3.63) is 35.0 Å². The van der Waals surface area contributed by atoms with E-state index in [4.69, 9.17) is 18.9 Å². The smallest absolute Gasteiger partial charge is 0.343 e. The number of piperidine rings is 1. The van der Waals surface area contributed by atoms with E-state index in [0.717, 1.165) is 31.6 Å². The molecular weight excluding hydrogens is 358 g/mol. The van der Waals surface area contributed by atoms with Crippen LogP contribution in [-0.4, -0.2) is 48.0 Å². The summed E-state index contributed by atoms with van der Waals surface area (Å²) in [5.41, 5.74) is 0.467. The fourth-order valence-corrected chi connectivity index (χ4v) is 7.22. The Balaban J connectivity index is 1.49. The molecule has 6 rings (SSSR count). The predicted molar refractivity (Wildman–Crippen MR) is 99.6 cm³/mol. The van der Waals surface area contributed by atoms with Crippen LogP contribution in [0.1, 0.15) is 40.0 Å². The second-order valence-electron chi connectivity index (χ2n) is 9.02. The minimum absolute atomic E-state index is 0.0286. The zero-order valence-electron chi connectivity index (χ0n) is 16.9. The fourth-order valence-electron chi connectivity index (χ4n) is 7.22. The lowest BCUT2D eigenvalue weighted by Crippen LogP contribution is -2.60. The SMILES string of the molecule is CC/C=C/C12C3CC4[C@H]5[C@H](C)/C(=C6\OC(=O)C(C)=C6OC)OC5(O3)C1CCN42. The number of hydrogen-bond donors (Lipinski definition) is 0. The number of nitrogens with zero attached hydrogens (tertiary/aromatic N) is 1. The maximum Gasteiger partial charge on any atom is 0.343 e. The molecule has 6 aliphatic heterocycles. The second kappa shape index (κ2) is 5.22. The molecule has 6 heterocycles. The standard InChI is InChI=1S/C22H27NO5/c1-5-6-8-21-14-7-9-23(21)13-10-15(21)27-22(14)16(13)11(2)18(28-22)19-17(25-4)12(3)20(24)26-19/h6,8,11,13-16H,5,7,9-10H2,1-4H3/b8-6+,19-18+/t11-,13?,14?,15?,16+,21?,22?/m0/s1. The average Bonchev–Trinajstić information content (AvgIpc) is 3.38. The van der Waals surface area contributed by atoms with Gasteiger partial charge in [-0.2, -0.15) is 0 Å². The van der Waals surface area contributed by atoms with Crippen molar-refractivity contribution < 1.29 is 23.7 Å². The molecule has 1 spiro atoms. The Bertz CT molecular complexity index is 874. The molecule has 5 saturated heterocycles. The summed E-state index contributed by atoms with van der Waals surface area (Å²) in [4.78, 5) is 14.9. The summed E-state index contributed by atoms with van der Waals surface area (Å²) in [7, 11) is 1.57. The van der Waals surface area contributed by atoms with Crippen LogP contribution in [-0.2, 0) is 23.7 Å². The van der Waals surface area contributed by atoms with E-state index in [0.29, 0.717) is 29.1 Å². The first-order chi connectivity index (χ1) is 13.5. The average molecular weight is 385 g/mol. The molecule has 6 nitrogen and oxygen atoms in total. The van der Waals surface area contributed by atoms with Crippen LogP contribution in [0.3, 0.4) is 0 Å². The van der Waals surface area contributed by atoms with E-state index in [9.17, 15) is 4.79 Å². The van der Waals surface area contributed by atoms with Gasteiger partial charge in [0.1, 0.15) is 5.76 Å². The molecule has 0 aliphatic carbocycles. The van der Waals surface area contributed by atoms with Crippen LogP contribution in [0.2, 0.25) is 0 Å². The lowest BCUT2D eigenvalue weighted by Gasteiger charge is -2.47. The van der Waals surface area contributed by atoms with Crippen LogP contribution in [0, 0.1) is 17.8 Å². The minimum Gasteiger partial charge on any atom is -0.492 e. The molecule has 0 amide bonds. The highest BCUT2D eigenvalue weighted by Crippen LogP contribution is 2.72. The van der Waals surface area contributed by atoms with Gasteiger partial charge in [0.2, 0.25) is 11.5 Å². The summed E-state index contributed by atoms with van der Waals surface area (Å²) in [5.74, 6) is 1.38. The van der Waals surface area contributed by atoms with Gasteiger partial charge >= 0.3 is 5.97 Å². The molecular formula is C22H27NO5. The van der Waals surface area contributed by atoms with Gasteiger partial charge in [0.05, 0.1) is 36.2 Å². The number of rotatable bonds is 3. The number of fused-ring (bicyclic) bond motifs is 1. The summed E-state index contributed by atoms with van der Waals surface area (Å²) >= 11 is 0. The Hall–Kier alpha value is -1.79. The first kappa shape index (κ1) is 17.1. The van der Waals surface area contributed by atoms with E-state index in [2.05, 4.69) is 30.9 Å². The van der Waals surface area contributed by atoms with Gasteiger partial charge in [-0.15, -0.1) is 0 Å². The summed E-state index contributed by atoms with van der Waals surface area (Å²) in [5, 5.41) is 0. The van der Waals surface area contributed by atoms with Crippen LogP contribution in [0.4, 0.5) is 0 Å². The van der Waals surface area contributed by atoms with E-state index in [-0.39, 0.29) is 29.4 Å². The van der Waals surface area contributed by atoms with Gasteiger partial charge in [0, 0.05) is 18.5 Å². The van der Waals surface area contributed by atoms with Gasteiger partial charge in [-0.25, -0.2) is 4.79 Å². The molecule has 0 aromatic carbocycles. The molecule has 28 heavy (non-hydrogen) atoms. The molecule has 0 aromatic heterocycles. The molecule has 0 saturated carbocycles. The van der Waals surface area contributed by atoms with E-state index >= 15 is 0 Å². The number of ether oxygens (including phenoxy) is 4. The normalized spacial score (nSPS) is 52.8. The first-order valence-electron chi connectivity index (χ1n) is 10.5. The third-order valence-corrected chi connectivity index (χ3v) is 8.10. The van der Waals surface area contributed by atoms with Gasteiger partial charge in [-0.1, -0.05) is 26.0 Å². The van der Waals surface area contributed by atoms with Crippen LogP contribution in [0.15, 0.2) is 35.0 Å². The predicted octanol–water partition coefficient (Wildman–Crippen LogP) is 2.87. The third-order valence-electron chi connectivity index (χ3n) is 8.10. The van der Waals surface area contributed by atoms with Crippen molar-refractivity contribution in [3.63, 3.8) is 0 Å². The molecule has 150 valence electrons. The maximum absolute atomic E-state index is 12.2. The highest BCUT2D eigenvalue weighted by Gasteiger charge is 2.83. The van der Waals surface area contributed by atoms with E-state index in [1.54, 1.807) is 14.0 Å². The highest BCUT2D eigenvalue weighted by atomic mass is 16.7. The van der Waals surface area contributed by atoms with E-state index in [1.807, 2.05) is 0 Å². The van der Waals surface area contributed by atoms with Gasteiger partial charge in [-0.3, -0.25) is 4.90 Å². The number of carbonyl (C=O) groups is 1. The second-order valence-corrected chi connectivity index (χ2v) is 9.02. The van der Waals surface area contributed by atoms with Crippen molar-refractivity contribution in [2.75, 3.05) is 13.7 Å². The molecule has 6 heteroatoms. The van der Waals surface area contributed by atoms with Crippen LogP contribution < -0.4 is 0 Å². The number of carbonyl (C=O) groups excluding carboxylic acids is 1. The summed E-state index contributed by atoms with van der Waals surface area (Å²) in [6.45, 7) is 7.21. The Morgan fingerprint density at radius 2 is 2.21 bits per heavy atom. The van der Waals surface area contributed by atoms with Crippen molar-refractivity contribution in [2.45, 2.75) is 63.5 Å². The van der Waals surface area contributed by atoms with E-state index in [1.165, 1.54) is 0 Å². The van der Waals surface area contributed by atoms with Crippen molar-refractivity contribution in [3.8, 4) is 0 Å². The lowest BCUT2D eigenvalue weighted by atomic mass is 9.71. The van der Waals surface area contributed by atoms with E-state index < -0.39 is 5.79 Å². The van der Waals surface area contributed by atoms with Gasteiger partial charge in [0.25, 0.3) is 0 Å². The molecule has 0 radical (unpaired) electrons. The van der Waals surface area contributed by atoms with Gasteiger partial charge < -0.3 is 18.9 Å². The molecule has 0 aromatic rings. The molecule has 5 bridgehead atoms. The highest BCUT2D eigenvalue weighted by molar-refractivity contribution is 5.93. The topological polar surface area (TPSA) is 57.2 Å². The minimum atomic E-state index is -0.609. The Morgan fingerprint density at radius 3 is 2.96 bits per heavy atom. The van der Waals surface area contributed by atoms with Crippen LogP contribution >= 0.6 is 0 Å². The lowest BCUT2D eigenvalue weighted by molar-refractivity contribution is -0.255.